The van der Waals surface area contributed by atoms with E-state index in [1.165, 1.54) is 32.1 Å². The molecule has 21 heavy (non-hydrogen) atoms. The Kier molecular flexibility index (Phi) is 3.44. The van der Waals surface area contributed by atoms with Crippen molar-refractivity contribution in [2.24, 2.45) is 29.1 Å². The van der Waals surface area contributed by atoms with E-state index in [0.717, 1.165) is 31.6 Å². The van der Waals surface area contributed by atoms with E-state index in [-0.39, 0.29) is 12.2 Å². The summed E-state index contributed by atoms with van der Waals surface area (Å²) >= 11 is 0. The third kappa shape index (κ3) is 2.12. The lowest BCUT2D eigenvalue weighted by Gasteiger charge is -2.50. The molecule has 2 fully saturated rings. The van der Waals surface area contributed by atoms with Gasteiger partial charge in [0.05, 0.1) is 12.2 Å². The molecule has 0 aromatic heterocycles. The number of allylic oxidation sites excluding steroid dienone is 1. The van der Waals surface area contributed by atoms with E-state index in [9.17, 15) is 5.11 Å². The van der Waals surface area contributed by atoms with Gasteiger partial charge in [0.1, 0.15) is 0 Å². The predicted octanol–water partition coefficient (Wildman–Crippen LogP) is 3.32. The van der Waals surface area contributed by atoms with Crippen LogP contribution in [0.1, 0.15) is 64.7 Å². The average molecular weight is 291 g/mol. The van der Waals surface area contributed by atoms with E-state index < -0.39 is 0 Å². The summed E-state index contributed by atoms with van der Waals surface area (Å²) in [4.78, 5) is 5.08. The summed E-state index contributed by atoms with van der Waals surface area (Å²) in [5, 5.41) is 10.7. The van der Waals surface area contributed by atoms with Gasteiger partial charge < -0.3 is 9.94 Å². The summed E-state index contributed by atoms with van der Waals surface area (Å²) in [5.41, 5.74) is 3.94. The number of fused-ring (bicyclic) bond motifs is 4. The maximum Gasteiger partial charge on any atom is 0.0791 e. The van der Waals surface area contributed by atoms with Crippen LogP contribution in [-0.4, -0.2) is 17.3 Å². The molecule has 3 N–H and O–H groups in total. The second-order valence-electron chi connectivity index (χ2n) is 8.26. The van der Waals surface area contributed by atoms with Gasteiger partial charge >= 0.3 is 0 Å². The fourth-order valence-corrected chi connectivity index (χ4v) is 6.15. The van der Waals surface area contributed by atoms with Gasteiger partial charge in [0.25, 0.3) is 0 Å². The van der Waals surface area contributed by atoms with Crippen LogP contribution in [0.4, 0.5) is 0 Å². The van der Waals surface area contributed by atoms with Crippen LogP contribution >= 0.6 is 0 Å². The van der Waals surface area contributed by atoms with Crippen molar-refractivity contribution in [3.8, 4) is 0 Å². The van der Waals surface area contributed by atoms with Gasteiger partial charge in [0.15, 0.2) is 0 Å². The monoisotopic (exact) mass is 291 g/mol. The molecule has 0 aliphatic heterocycles. The number of nitrogens with two attached hydrogens (primary N) is 1. The number of hydrogen-bond acceptors (Lipinski definition) is 3. The minimum absolute atomic E-state index is 0.156. The topological polar surface area (TPSA) is 55.5 Å². The average Bonchev–Trinajstić information content (AvgIpc) is 2.89. The first-order valence-corrected chi connectivity index (χ1v) is 8.88. The number of aliphatic hydroxyl groups is 1. The van der Waals surface area contributed by atoms with Crippen LogP contribution in [0.3, 0.4) is 0 Å². The van der Waals surface area contributed by atoms with Gasteiger partial charge in [-0.3, -0.25) is 0 Å². The SMILES string of the molecule is C[C@@]12CCCC1C1=C(CC2)C2CCC(ON)CC2[C@H](O)C1. The van der Waals surface area contributed by atoms with Gasteiger partial charge in [-0.2, -0.15) is 0 Å². The van der Waals surface area contributed by atoms with Crippen LogP contribution in [0.2, 0.25) is 0 Å². The molecule has 0 aromatic rings. The molecule has 0 aromatic carbocycles. The fourth-order valence-electron chi connectivity index (χ4n) is 6.15. The molecular weight excluding hydrogens is 262 g/mol. The van der Waals surface area contributed by atoms with Crippen LogP contribution in [-0.2, 0) is 4.84 Å². The Bertz CT molecular complexity index is 460. The van der Waals surface area contributed by atoms with Crippen LogP contribution in [0.5, 0.6) is 0 Å². The molecule has 0 heterocycles. The second-order valence-corrected chi connectivity index (χ2v) is 8.26. The largest absolute Gasteiger partial charge is 0.392 e. The minimum Gasteiger partial charge on any atom is -0.392 e. The van der Waals surface area contributed by atoms with E-state index >= 15 is 0 Å². The highest BCUT2D eigenvalue weighted by molar-refractivity contribution is 5.31. The van der Waals surface area contributed by atoms with Gasteiger partial charge in [-0.1, -0.05) is 24.5 Å². The maximum atomic E-state index is 10.7. The molecule has 0 bridgehead atoms. The first-order valence-electron chi connectivity index (χ1n) is 8.88. The normalized spacial score (nSPS) is 49.6. The zero-order valence-corrected chi connectivity index (χ0v) is 13.2. The maximum absolute atomic E-state index is 10.7. The van der Waals surface area contributed by atoms with E-state index in [4.69, 9.17) is 10.7 Å². The van der Waals surface area contributed by atoms with Crippen molar-refractivity contribution in [3.63, 3.8) is 0 Å². The summed E-state index contributed by atoms with van der Waals surface area (Å²) in [6.07, 6.45) is 10.8. The summed E-state index contributed by atoms with van der Waals surface area (Å²) < 4.78 is 0. The lowest BCUT2D eigenvalue weighted by molar-refractivity contribution is -0.0428. The number of rotatable bonds is 1. The Morgan fingerprint density at radius 1 is 1.19 bits per heavy atom. The highest BCUT2D eigenvalue weighted by atomic mass is 16.6. The van der Waals surface area contributed by atoms with Crippen molar-refractivity contribution in [2.45, 2.75) is 76.9 Å². The van der Waals surface area contributed by atoms with Crippen LogP contribution < -0.4 is 5.90 Å². The smallest absolute Gasteiger partial charge is 0.0791 e. The van der Waals surface area contributed by atoms with Gasteiger partial charge in [-0.15, -0.1) is 0 Å². The summed E-state index contributed by atoms with van der Waals surface area (Å²) in [5.74, 6) is 7.16. The van der Waals surface area contributed by atoms with E-state index in [1.807, 2.05) is 0 Å². The molecule has 2 saturated carbocycles. The van der Waals surface area contributed by atoms with Gasteiger partial charge in [0, 0.05) is 0 Å². The lowest BCUT2D eigenvalue weighted by atomic mass is 9.57. The Balaban J connectivity index is 1.66. The molecule has 4 rings (SSSR count). The van der Waals surface area contributed by atoms with Crippen molar-refractivity contribution in [1.82, 2.24) is 0 Å². The zero-order valence-electron chi connectivity index (χ0n) is 13.2. The zero-order chi connectivity index (χ0) is 14.6. The fraction of sp³-hybridized carbons (Fsp3) is 0.889. The molecule has 6 atom stereocenters. The van der Waals surface area contributed by atoms with Crippen LogP contribution in [0.15, 0.2) is 11.1 Å². The first kappa shape index (κ1) is 14.2. The van der Waals surface area contributed by atoms with Crippen molar-refractivity contribution in [2.75, 3.05) is 0 Å². The standard InChI is InChI=1S/C18H29NO2/c1-18-7-2-3-16(18)14-10-17(20)15-9-11(21-19)4-5-12(15)13(14)6-8-18/h11-12,15-17,20H,2-10,19H2,1H3/t11?,12?,15?,16?,17-,18+/m1/s1. The molecule has 3 heteroatoms. The summed E-state index contributed by atoms with van der Waals surface area (Å²) in [6, 6.07) is 0. The lowest BCUT2D eigenvalue weighted by Crippen LogP contribution is -2.44. The Hall–Kier alpha value is -0.380. The predicted molar refractivity (Wildman–Crippen MR) is 82.2 cm³/mol. The highest BCUT2D eigenvalue weighted by Crippen LogP contribution is 2.59. The van der Waals surface area contributed by atoms with Crippen molar-refractivity contribution >= 4 is 0 Å². The third-order valence-corrected chi connectivity index (χ3v) is 7.30. The summed E-state index contributed by atoms with van der Waals surface area (Å²) in [7, 11) is 0. The van der Waals surface area contributed by atoms with Crippen molar-refractivity contribution in [1.29, 1.82) is 0 Å². The van der Waals surface area contributed by atoms with Crippen molar-refractivity contribution < 1.29 is 9.94 Å². The number of aliphatic hydroxyl groups excluding tert-OH is 1. The third-order valence-electron chi connectivity index (χ3n) is 7.30. The highest BCUT2D eigenvalue weighted by Gasteiger charge is 2.50. The van der Waals surface area contributed by atoms with Gasteiger partial charge in [-0.05, 0) is 74.5 Å². The van der Waals surface area contributed by atoms with E-state index in [0.29, 0.717) is 17.3 Å². The molecule has 4 aliphatic rings. The van der Waals surface area contributed by atoms with E-state index in [2.05, 4.69) is 6.92 Å². The van der Waals surface area contributed by atoms with Crippen LogP contribution in [0, 0.1) is 23.2 Å². The molecule has 4 unspecified atom stereocenters. The molecule has 0 amide bonds. The minimum atomic E-state index is -0.172. The molecule has 3 nitrogen and oxygen atoms in total. The molecule has 0 saturated heterocycles. The number of hydrogen-bond donors (Lipinski definition) is 2. The first-order chi connectivity index (χ1) is 10.1. The second kappa shape index (κ2) is 5.07. The quantitative estimate of drug-likeness (QED) is 0.575. The van der Waals surface area contributed by atoms with E-state index in [1.54, 1.807) is 11.1 Å². The van der Waals surface area contributed by atoms with Gasteiger partial charge in [-0.25, -0.2) is 5.90 Å². The Morgan fingerprint density at radius 2 is 2.05 bits per heavy atom. The van der Waals surface area contributed by atoms with Crippen molar-refractivity contribution in [3.05, 3.63) is 11.1 Å². The molecular formula is C18H29NO2. The summed E-state index contributed by atoms with van der Waals surface area (Å²) in [6.45, 7) is 2.49. The Labute approximate surface area is 127 Å². The molecule has 118 valence electrons. The molecule has 0 radical (unpaired) electrons. The molecule has 0 spiro atoms. The van der Waals surface area contributed by atoms with Gasteiger partial charge in [0.2, 0.25) is 0 Å². The Morgan fingerprint density at radius 3 is 2.86 bits per heavy atom. The molecule has 4 aliphatic carbocycles. The van der Waals surface area contributed by atoms with Crippen LogP contribution in [0.25, 0.3) is 0 Å².